The van der Waals surface area contributed by atoms with E-state index in [0.717, 1.165) is 22.2 Å². The standard InChI is InChI=1S/C19H17N5O2/c1-13-9-17(25)22-19-15-6-2-3-7-16(15)23(24(13)19)12-18(26)21-11-14-5-4-8-20-10-14/h2-10H,11-12H2,1H3,(H,21,26). The summed E-state index contributed by atoms with van der Waals surface area (Å²) in [5.41, 5.74) is 2.79. The molecule has 0 aliphatic rings. The number of hydrogen-bond acceptors (Lipinski definition) is 4. The van der Waals surface area contributed by atoms with Gasteiger partial charge in [-0.2, -0.15) is 4.98 Å². The predicted molar refractivity (Wildman–Crippen MR) is 97.8 cm³/mol. The number of nitrogens with zero attached hydrogens (tertiary/aromatic N) is 4. The Morgan fingerprint density at radius 3 is 2.85 bits per heavy atom. The lowest BCUT2D eigenvalue weighted by Gasteiger charge is -2.11. The highest BCUT2D eigenvalue weighted by Gasteiger charge is 2.15. The molecule has 7 nitrogen and oxygen atoms in total. The first-order valence-corrected chi connectivity index (χ1v) is 8.27. The van der Waals surface area contributed by atoms with Gasteiger partial charge in [-0.3, -0.25) is 19.3 Å². The molecule has 0 saturated heterocycles. The number of nitrogens with one attached hydrogen (secondary N) is 1. The van der Waals surface area contributed by atoms with Crippen molar-refractivity contribution in [2.75, 3.05) is 0 Å². The van der Waals surface area contributed by atoms with Crippen LogP contribution in [0.5, 0.6) is 0 Å². The second-order valence-electron chi connectivity index (χ2n) is 6.08. The topological polar surface area (TPSA) is 81.3 Å². The molecule has 3 aromatic heterocycles. The van der Waals surface area contributed by atoms with Crippen LogP contribution in [-0.2, 0) is 17.9 Å². The summed E-state index contributed by atoms with van der Waals surface area (Å²) in [6.07, 6.45) is 3.42. The summed E-state index contributed by atoms with van der Waals surface area (Å²) in [4.78, 5) is 32.5. The minimum Gasteiger partial charge on any atom is -0.350 e. The number of hydrogen-bond donors (Lipinski definition) is 1. The van der Waals surface area contributed by atoms with Crippen LogP contribution in [0.15, 0.2) is 59.7 Å². The van der Waals surface area contributed by atoms with Crippen LogP contribution in [0.25, 0.3) is 16.6 Å². The van der Waals surface area contributed by atoms with Gasteiger partial charge >= 0.3 is 0 Å². The van der Waals surface area contributed by atoms with Crippen molar-refractivity contribution in [1.82, 2.24) is 24.5 Å². The van der Waals surface area contributed by atoms with Crippen molar-refractivity contribution < 1.29 is 4.79 Å². The molecule has 1 N–H and O–H groups in total. The van der Waals surface area contributed by atoms with Gasteiger partial charge in [0.1, 0.15) is 6.54 Å². The Hall–Kier alpha value is -3.48. The van der Waals surface area contributed by atoms with E-state index >= 15 is 0 Å². The third-order valence-electron chi connectivity index (χ3n) is 4.25. The van der Waals surface area contributed by atoms with E-state index in [1.807, 2.05) is 52.5 Å². The number of carbonyl (C=O) groups is 1. The molecule has 0 unspecified atom stereocenters. The fourth-order valence-corrected chi connectivity index (χ4v) is 3.12. The smallest absolute Gasteiger partial charge is 0.273 e. The van der Waals surface area contributed by atoms with Gasteiger partial charge in [-0.15, -0.1) is 0 Å². The zero-order valence-corrected chi connectivity index (χ0v) is 14.2. The zero-order valence-electron chi connectivity index (χ0n) is 14.2. The lowest BCUT2D eigenvalue weighted by atomic mass is 10.2. The van der Waals surface area contributed by atoms with Gasteiger partial charge in [0.15, 0.2) is 5.65 Å². The summed E-state index contributed by atoms with van der Waals surface area (Å²) in [6.45, 7) is 2.37. The van der Waals surface area contributed by atoms with Crippen molar-refractivity contribution in [3.63, 3.8) is 0 Å². The Bertz CT molecular complexity index is 1160. The molecule has 26 heavy (non-hydrogen) atoms. The maximum atomic E-state index is 12.5. The van der Waals surface area contributed by atoms with E-state index in [9.17, 15) is 9.59 Å². The van der Waals surface area contributed by atoms with Gasteiger partial charge in [0.25, 0.3) is 5.56 Å². The summed E-state index contributed by atoms with van der Waals surface area (Å²) in [5.74, 6) is -0.130. The van der Waals surface area contributed by atoms with Crippen molar-refractivity contribution in [2.45, 2.75) is 20.0 Å². The van der Waals surface area contributed by atoms with Crippen molar-refractivity contribution in [3.8, 4) is 0 Å². The summed E-state index contributed by atoms with van der Waals surface area (Å²) < 4.78 is 3.65. The number of aryl methyl sites for hydroxylation is 1. The number of rotatable bonds is 4. The van der Waals surface area contributed by atoms with E-state index in [1.54, 1.807) is 12.4 Å². The minimum absolute atomic E-state index is 0.121. The summed E-state index contributed by atoms with van der Waals surface area (Å²) in [5, 5.41) is 3.74. The summed E-state index contributed by atoms with van der Waals surface area (Å²) in [7, 11) is 0. The van der Waals surface area contributed by atoms with Crippen LogP contribution in [0, 0.1) is 6.92 Å². The number of benzene rings is 1. The first-order chi connectivity index (χ1) is 12.6. The van der Waals surface area contributed by atoms with E-state index in [1.165, 1.54) is 6.07 Å². The molecule has 1 aromatic carbocycles. The van der Waals surface area contributed by atoms with Gasteiger partial charge < -0.3 is 5.32 Å². The molecule has 1 amide bonds. The van der Waals surface area contributed by atoms with Crippen molar-refractivity contribution in [1.29, 1.82) is 0 Å². The maximum absolute atomic E-state index is 12.5. The molecule has 0 atom stereocenters. The maximum Gasteiger partial charge on any atom is 0.273 e. The van der Waals surface area contributed by atoms with Crippen LogP contribution in [0.1, 0.15) is 11.3 Å². The fourth-order valence-electron chi connectivity index (χ4n) is 3.12. The van der Waals surface area contributed by atoms with Gasteiger partial charge in [-0.1, -0.05) is 18.2 Å². The Labute approximate surface area is 148 Å². The second-order valence-corrected chi connectivity index (χ2v) is 6.08. The molecule has 130 valence electrons. The van der Waals surface area contributed by atoms with Crippen LogP contribution in [0.3, 0.4) is 0 Å². The predicted octanol–water partition coefficient (Wildman–Crippen LogP) is 1.67. The van der Waals surface area contributed by atoms with Crippen molar-refractivity contribution >= 4 is 22.5 Å². The number of para-hydroxylation sites is 1. The van der Waals surface area contributed by atoms with Crippen LogP contribution in [-0.4, -0.2) is 25.1 Å². The van der Waals surface area contributed by atoms with E-state index in [-0.39, 0.29) is 18.0 Å². The van der Waals surface area contributed by atoms with Crippen LogP contribution in [0.2, 0.25) is 0 Å². The highest BCUT2D eigenvalue weighted by atomic mass is 16.2. The van der Waals surface area contributed by atoms with Crippen molar-refractivity contribution in [3.05, 3.63) is 76.5 Å². The minimum atomic E-state index is -0.286. The van der Waals surface area contributed by atoms with Gasteiger partial charge in [0.05, 0.1) is 5.52 Å². The van der Waals surface area contributed by atoms with Gasteiger partial charge in [0.2, 0.25) is 5.91 Å². The Morgan fingerprint density at radius 1 is 1.19 bits per heavy atom. The van der Waals surface area contributed by atoms with Crippen molar-refractivity contribution in [2.24, 2.45) is 0 Å². The molecule has 0 saturated carbocycles. The van der Waals surface area contributed by atoms with E-state index < -0.39 is 0 Å². The lowest BCUT2D eigenvalue weighted by molar-refractivity contribution is -0.122. The molecule has 0 bridgehead atoms. The molecule has 0 radical (unpaired) electrons. The molecular formula is C19H17N5O2. The molecule has 7 heteroatoms. The molecule has 0 aliphatic heterocycles. The monoisotopic (exact) mass is 347 g/mol. The van der Waals surface area contributed by atoms with Gasteiger partial charge in [-0.05, 0) is 30.7 Å². The summed E-state index contributed by atoms with van der Waals surface area (Å²) >= 11 is 0. The number of fused-ring (bicyclic) bond motifs is 3. The third kappa shape index (κ3) is 2.83. The normalized spacial score (nSPS) is 11.1. The molecule has 0 fully saturated rings. The first-order valence-electron chi connectivity index (χ1n) is 8.27. The fraction of sp³-hybridized carbons (Fsp3) is 0.158. The van der Waals surface area contributed by atoms with Crippen LogP contribution < -0.4 is 10.9 Å². The molecule has 4 rings (SSSR count). The highest BCUT2D eigenvalue weighted by molar-refractivity contribution is 5.93. The van der Waals surface area contributed by atoms with E-state index in [2.05, 4.69) is 15.3 Å². The summed E-state index contributed by atoms with van der Waals surface area (Å²) in [6, 6.07) is 12.8. The SMILES string of the molecule is Cc1cc(=O)nc2c3ccccc3n(CC(=O)NCc3cccnc3)n12. The quantitative estimate of drug-likeness (QED) is 0.609. The molecular weight excluding hydrogens is 330 g/mol. The van der Waals surface area contributed by atoms with Crippen LogP contribution in [0.4, 0.5) is 0 Å². The lowest BCUT2D eigenvalue weighted by Crippen LogP contribution is -2.29. The van der Waals surface area contributed by atoms with Gasteiger partial charge in [0, 0.05) is 36.1 Å². The third-order valence-corrected chi connectivity index (χ3v) is 4.25. The average molecular weight is 347 g/mol. The number of amides is 1. The first kappa shape index (κ1) is 16.0. The average Bonchev–Trinajstić information content (AvgIpc) is 2.95. The Kier molecular flexibility index (Phi) is 3.96. The number of carbonyl (C=O) groups excluding carboxylic acids is 1. The zero-order chi connectivity index (χ0) is 18.1. The van der Waals surface area contributed by atoms with E-state index in [0.29, 0.717) is 12.2 Å². The second kappa shape index (κ2) is 6.44. The van der Waals surface area contributed by atoms with Gasteiger partial charge in [-0.25, -0.2) is 4.52 Å². The Balaban J connectivity index is 1.71. The number of aromatic nitrogens is 4. The van der Waals surface area contributed by atoms with Crippen LogP contribution >= 0.6 is 0 Å². The molecule has 3 heterocycles. The molecule has 4 aromatic rings. The Morgan fingerprint density at radius 2 is 2.04 bits per heavy atom. The van der Waals surface area contributed by atoms with E-state index in [4.69, 9.17) is 0 Å². The highest BCUT2D eigenvalue weighted by Crippen LogP contribution is 2.21. The largest absolute Gasteiger partial charge is 0.350 e. The molecule has 0 aliphatic carbocycles. The number of pyridine rings is 1. The molecule has 0 spiro atoms.